The van der Waals surface area contributed by atoms with E-state index in [1.165, 1.54) is 7.11 Å². The fraction of sp³-hybridized carbons (Fsp3) is 0.917. The Morgan fingerprint density at radius 3 is 2.11 bits per heavy atom. The number of nitrogens with two attached hydrogens (primary N) is 1. The lowest BCUT2D eigenvalue weighted by molar-refractivity contribution is -0.147. The van der Waals surface area contributed by atoms with Crippen molar-refractivity contribution in [2.75, 3.05) is 60.4 Å². The Labute approximate surface area is 114 Å². The first-order valence-electron chi connectivity index (χ1n) is 6.27. The Hall–Kier alpha value is -0.730. The third-order valence-corrected chi connectivity index (χ3v) is 2.29. The summed E-state index contributed by atoms with van der Waals surface area (Å²) in [6, 6.07) is 0. The molecule has 1 unspecified atom stereocenters. The van der Waals surface area contributed by atoms with Gasteiger partial charge in [0.1, 0.15) is 6.61 Å². The van der Waals surface area contributed by atoms with Crippen molar-refractivity contribution in [2.45, 2.75) is 12.5 Å². The van der Waals surface area contributed by atoms with E-state index in [-0.39, 0.29) is 25.1 Å². The van der Waals surface area contributed by atoms with Crippen molar-refractivity contribution >= 4 is 5.97 Å². The molecule has 0 spiro atoms. The highest BCUT2D eigenvalue weighted by molar-refractivity contribution is 5.69. The van der Waals surface area contributed by atoms with Crippen LogP contribution in [0.15, 0.2) is 0 Å². The quantitative estimate of drug-likeness (QED) is 0.361. The molecule has 0 radical (unpaired) electrons. The first kappa shape index (κ1) is 18.3. The van der Waals surface area contributed by atoms with Gasteiger partial charge in [-0.3, -0.25) is 4.79 Å². The molecule has 7 nitrogen and oxygen atoms in total. The molecule has 0 rings (SSSR count). The minimum absolute atomic E-state index is 0.160. The van der Waals surface area contributed by atoms with Crippen molar-refractivity contribution in [3.63, 3.8) is 0 Å². The topological polar surface area (TPSA) is 89.2 Å². The Morgan fingerprint density at radius 1 is 1.00 bits per heavy atom. The molecule has 0 amide bonds. The van der Waals surface area contributed by atoms with Gasteiger partial charge in [-0.1, -0.05) is 0 Å². The zero-order valence-electron chi connectivity index (χ0n) is 11.8. The number of ether oxygens (including phenoxy) is 5. The number of carbonyl (C=O) groups excluding carboxylic acids is 1. The molecule has 0 fully saturated rings. The highest BCUT2D eigenvalue weighted by atomic mass is 16.6. The van der Waals surface area contributed by atoms with Crippen LogP contribution in [0.5, 0.6) is 0 Å². The largest absolute Gasteiger partial charge is 0.463 e. The van der Waals surface area contributed by atoms with Gasteiger partial charge in [-0.05, 0) is 0 Å². The maximum atomic E-state index is 11.3. The van der Waals surface area contributed by atoms with Gasteiger partial charge in [0.15, 0.2) is 0 Å². The summed E-state index contributed by atoms with van der Waals surface area (Å²) in [6.07, 6.45) is -0.129. The van der Waals surface area contributed by atoms with Crippen LogP contribution < -0.4 is 5.73 Å². The van der Waals surface area contributed by atoms with Crippen LogP contribution >= 0.6 is 0 Å². The van der Waals surface area contributed by atoms with Crippen molar-refractivity contribution in [3.05, 3.63) is 0 Å². The standard InChI is InChI=1S/C12H25NO6/c1-15-3-4-17-5-6-18-7-8-19-12(14)9-11(10-13)16-2/h11H,3-10,13H2,1-2H3. The lowest BCUT2D eigenvalue weighted by Gasteiger charge is -2.12. The zero-order valence-corrected chi connectivity index (χ0v) is 11.8. The summed E-state index contributed by atoms with van der Waals surface area (Å²) in [5, 5.41) is 0. The number of hydrogen-bond acceptors (Lipinski definition) is 7. The van der Waals surface area contributed by atoms with Crippen molar-refractivity contribution in [1.82, 2.24) is 0 Å². The molecule has 7 heteroatoms. The van der Waals surface area contributed by atoms with Gasteiger partial charge in [-0.2, -0.15) is 0 Å². The molecular formula is C12H25NO6. The van der Waals surface area contributed by atoms with Gasteiger partial charge in [0.05, 0.1) is 45.6 Å². The van der Waals surface area contributed by atoms with Gasteiger partial charge in [-0.25, -0.2) is 0 Å². The molecule has 0 aliphatic heterocycles. The van der Waals surface area contributed by atoms with Crippen LogP contribution in [0.2, 0.25) is 0 Å². The van der Waals surface area contributed by atoms with Gasteiger partial charge in [0.25, 0.3) is 0 Å². The zero-order chi connectivity index (χ0) is 14.3. The number of rotatable bonds is 13. The van der Waals surface area contributed by atoms with Gasteiger partial charge in [-0.15, -0.1) is 0 Å². The Bertz CT molecular complexity index is 210. The predicted octanol–water partition coefficient (Wildman–Crippen LogP) is -0.427. The van der Waals surface area contributed by atoms with E-state index in [1.54, 1.807) is 7.11 Å². The van der Waals surface area contributed by atoms with Crippen molar-refractivity contribution < 1.29 is 28.5 Å². The third kappa shape index (κ3) is 12.1. The van der Waals surface area contributed by atoms with Gasteiger partial charge < -0.3 is 29.4 Å². The van der Waals surface area contributed by atoms with Gasteiger partial charge in [0, 0.05) is 20.8 Å². The summed E-state index contributed by atoms with van der Waals surface area (Å²) in [5.41, 5.74) is 5.40. The Morgan fingerprint density at radius 2 is 1.58 bits per heavy atom. The van der Waals surface area contributed by atoms with Crippen molar-refractivity contribution in [1.29, 1.82) is 0 Å². The normalized spacial score (nSPS) is 12.4. The second-order valence-electron chi connectivity index (χ2n) is 3.74. The lowest BCUT2D eigenvalue weighted by Crippen LogP contribution is -2.26. The van der Waals surface area contributed by atoms with Gasteiger partial charge in [0.2, 0.25) is 0 Å². The molecule has 0 saturated heterocycles. The Balaban J connectivity index is 3.27. The summed E-state index contributed by atoms with van der Waals surface area (Å²) in [4.78, 5) is 11.3. The Kier molecular flexibility index (Phi) is 13.2. The number of carbonyl (C=O) groups is 1. The summed E-state index contributed by atoms with van der Waals surface area (Å²) < 4.78 is 25.2. The van der Waals surface area contributed by atoms with Crippen LogP contribution in [0, 0.1) is 0 Å². The van der Waals surface area contributed by atoms with E-state index in [9.17, 15) is 4.79 Å². The number of methoxy groups -OCH3 is 2. The molecule has 0 bridgehead atoms. The predicted molar refractivity (Wildman–Crippen MR) is 68.9 cm³/mol. The molecule has 19 heavy (non-hydrogen) atoms. The smallest absolute Gasteiger partial charge is 0.308 e. The summed E-state index contributed by atoms with van der Waals surface area (Å²) in [6.45, 7) is 2.94. The van der Waals surface area contributed by atoms with Crippen LogP contribution in [-0.4, -0.2) is 72.5 Å². The van der Waals surface area contributed by atoms with E-state index in [2.05, 4.69) is 0 Å². The fourth-order valence-corrected chi connectivity index (χ4v) is 1.19. The van der Waals surface area contributed by atoms with E-state index in [4.69, 9.17) is 29.4 Å². The molecule has 114 valence electrons. The maximum absolute atomic E-state index is 11.3. The second kappa shape index (κ2) is 13.7. The average Bonchev–Trinajstić information content (AvgIpc) is 2.43. The van der Waals surface area contributed by atoms with Crippen LogP contribution in [0.4, 0.5) is 0 Å². The first-order chi connectivity index (χ1) is 9.24. The van der Waals surface area contributed by atoms with E-state index >= 15 is 0 Å². The molecule has 0 heterocycles. The highest BCUT2D eigenvalue weighted by Crippen LogP contribution is 1.97. The lowest BCUT2D eigenvalue weighted by atomic mass is 10.2. The molecule has 1 atom stereocenters. The van der Waals surface area contributed by atoms with Crippen molar-refractivity contribution in [3.8, 4) is 0 Å². The molecule has 0 aromatic heterocycles. The molecule has 0 aliphatic rings. The molecule has 0 aromatic carbocycles. The molecule has 0 aliphatic carbocycles. The summed E-state index contributed by atoms with van der Waals surface area (Å²) >= 11 is 0. The van der Waals surface area contributed by atoms with E-state index < -0.39 is 0 Å². The molecule has 0 aromatic rings. The first-order valence-corrected chi connectivity index (χ1v) is 6.27. The van der Waals surface area contributed by atoms with Crippen LogP contribution in [-0.2, 0) is 28.5 Å². The van der Waals surface area contributed by atoms with E-state index in [1.807, 2.05) is 0 Å². The van der Waals surface area contributed by atoms with E-state index in [0.29, 0.717) is 39.6 Å². The third-order valence-electron chi connectivity index (χ3n) is 2.29. The van der Waals surface area contributed by atoms with Crippen molar-refractivity contribution in [2.24, 2.45) is 5.73 Å². The summed E-state index contributed by atoms with van der Waals surface area (Å²) in [5.74, 6) is -0.336. The summed E-state index contributed by atoms with van der Waals surface area (Å²) in [7, 11) is 3.13. The molecule has 2 N–H and O–H groups in total. The number of hydrogen-bond donors (Lipinski definition) is 1. The van der Waals surface area contributed by atoms with Gasteiger partial charge >= 0.3 is 5.97 Å². The average molecular weight is 279 g/mol. The molecular weight excluding hydrogens is 254 g/mol. The minimum Gasteiger partial charge on any atom is -0.463 e. The van der Waals surface area contributed by atoms with Crippen LogP contribution in [0.25, 0.3) is 0 Å². The van der Waals surface area contributed by atoms with Crippen LogP contribution in [0.3, 0.4) is 0 Å². The molecule has 0 saturated carbocycles. The fourth-order valence-electron chi connectivity index (χ4n) is 1.19. The maximum Gasteiger partial charge on any atom is 0.308 e. The SMILES string of the molecule is COCCOCCOCCOC(=O)CC(CN)OC. The minimum atomic E-state index is -0.336. The van der Waals surface area contributed by atoms with Crippen LogP contribution in [0.1, 0.15) is 6.42 Å². The number of esters is 1. The second-order valence-corrected chi connectivity index (χ2v) is 3.74. The highest BCUT2D eigenvalue weighted by Gasteiger charge is 2.12. The monoisotopic (exact) mass is 279 g/mol. The van der Waals surface area contributed by atoms with E-state index in [0.717, 1.165) is 0 Å².